The average Bonchev–Trinajstić information content (AvgIpc) is 2.27. The number of benzene rings is 1. The molecule has 0 aliphatic heterocycles. The monoisotopic (exact) mass is 254 g/mol. The van der Waals surface area contributed by atoms with Gasteiger partial charge in [0.1, 0.15) is 5.78 Å². The third-order valence-corrected chi connectivity index (χ3v) is 2.57. The standard InChI is InChI=1S/C10H14.C5H9ClO/c1-10(2,3)9-7-5-4-6-8-9;1-5(7)3-2-4-6/h4-8H,1-3H3;2-4H2,1H3. The topological polar surface area (TPSA) is 17.1 Å². The van der Waals surface area contributed by atoms with Crippen molar-refractivity contribution in [3.63, 3.8) is 0 Å². The van der Waals surface area contributed by atoms with E-state index >= 15 is 0 Å². The van der Waals surface area contributed by atoms with E-state index in [0.717, 1.165) is 6.42 Å². The summed E-state index contributed by atoms with van der Waals surface area (Å²) in [5, 5.41) is 0. The van der Waals surface area contributed by atoms with Crippen LogP contribution < -0.4 is 0 Å². The second-order valence-electron chi connectivity index (χ2n) is 5.11. The number of hydrogen-bond acceptors (Lipinski definition) is 1. The van der Waals surface area contributed by atoms with Crippen LogP contribution in [0, 0.1) is 0 Å². The molecule has 0 heterocycles. The Morgan fingerprint density at radius 2 is 1.71 bits per heavy atom. The molecule has 0 saturated heterocycles. The lowest BCUT2D eigenvalue weighted by Gasteiger charge is -2.18. The molecule has 0 amide bonds. The van der Waals surface area contributed by atoms with Gasteiger partial charge in [0, 0.05) is 12.3 Å². The Balaban J connectivity index is 0.000000325. The summed E-state index contributed by atoms with van der Waals surface area (Å²) in [6.07, 6.45) is 1.44. The number of hydrogen-bond donors (Lipinski definition) is 0. The van der Waals surface area contributed by atoms with Crippen LogP contribution in [0.5, 0.6) is 0 Å². The Morgan fingerprint density at radius 3 is 1.94 bits per heavy atom. The number of halogens is 1. The zero-order valence-corrected chi connectivity index (χ0v) is 12.1. The predicted molar refractivity (Wildman–Crippen MR) is 75.8 cm³/mol. The van der Waals surface area contributed by atoms with Gasteiger partial charge in [0.15, 0.2) is 0 Å². The number of rotatable bonds is 3. The summed E-state index contributed by atoms with van der Waals surface area (Å²) in [6.45, 7) is 8.25. The van der Waals surface area contributed by atoms with Crippen LogP contribution in [0.2, 0.25) is 0 Å². The minimum Gasteiger partial charge on any atom is -0.300 e. The van der Waals surface area contributed by atoms with Crippen molar-refractivity contribution >= 4 is 17.4 Å². The van der Waals surface area contributed by atoms with Crippen LogP contribution in [0.25, 0.3) is 0 Å². The summed E-state index contributed by atoms with van der Waals surface area (Å²) in [7, 11) is 0. The molecular formula is C15H23ClO. The van der Waals surface area contributed by atoms with Gasteiger partial charge in [-0.1, -0.05) is 51.1 Å². The second-order valence-corrected chi connectivity index (χ2v) is 5.49. The molecule has 0 spiro atoms. The summed E-state index contributed by atoms with van der Waals surface area (Å²) in [4.78, 5) is 10.1. The fourth-order valence-corrected chi connectivity index (χ4v) is 1.39. The molecule has 1 nitrogen and oxygen atoms in total. The highest BCUT2D eigenvalue weighted by Gasteiger charge is 2.11. The third-order valence-electron chi connectivity index (χ3n) is 2.30. The zero-order valence-electron chi connectivity index (χ0n) is 11.3. The van der Waals surface area contributed by atoms with Crippen LogP contribution in [-0.2, 0) is 10.2 Å². The van der Waals surface area contributed by atoms with Gasteiger partial charge < -0.3 is 4.79 Å². The normalized spacial score (nSPS) is 10.4. The number of alkyl halides is 1. The molecule has 1 aromatic carbocycles. The number of ketones is 1. The maximum absolute atomic E-state index is 10.1. The molecule has 1 rings (SSSR count). The lowest BCUT2D eigenvalue weighted by molar-refractivity contribution is -0.117. The van der Waals surface area contributed by atoms with Gasteiger partial charge in [-0.15, -0.1) is 11.6 Å². The summed E-state index contributed by atoms with van der Waals surface area (Å²) in [5.74, 6) is 0.820. The lowest BCUT2D eigenvalue weighted by atomic mass is 9.87. The molecule has 0 aromatic heterocycles. The summed E-state index contributed by atoms with van der Waals surface area (Å²) >= 11 is 5.29. The van der Waals surface area contributed by atoms with Crippen LogP contribution in [0.15, 0.2) is 30.3 Å². The molecule has 0 aliphatic carbocycles. The quantitative estimate of drug-likeness (QED) is 0.722. The molecule has 0 radical (unpaired) electrons. The molecule has 0 aliphatic rings. The van der Waals surface area contributed by atoms with Crippen molar-refractivity contribution in [2.75, 3.05) is 5.88 Å². The molecular weight excluding hydrogens is 232 g/mol. The molecule has 0 atom stereocenters. The van der Waals surface area contributed by atoms with Gasteiger partial charge in [0.2, 0.25) is 0 Å². The van der Waals surface area contributed by atoms with Gasteiger partial charge in [-0.05, 0) is 24.3 Å². The van der Waals surface area contributed by atoms with Crippen LogP contribution >= 0.6 is 11.6 Å². The molecule has 0 bridgehead atoms. The molecule has 0 N–H and O–H groups in total. The Labute approximate surface area is 110 Å². The second kappa shape index (κ2) is 8.30. The van der Waals surface area contributed by atoms with Crippen LogP contribution in [-0.4, -0.2) is 11.7 Å². The van der Waals surface area contributed by atoms with Gasteiger partial charge >= 0.3 is 0 Å². The maximum Gasteiger partial charge on any atom is 0.129 e. The highest BCUT2D eigenvalue weighted by molar-refractivity contribution is 6.17. The van der Waals surface area contributed by atoms with E-state index in [9.17, 15) is 4.79 Å². The molecule has 96 valence electrons. The molecule has 0 saturated carbocycles. The molecule has 1 aromatic rings. The zero-order chi connectivity index (χ0) is 13.3. The van der Waals surface area contributed by atoms with E-state index in [4.69, 9.17) is 11.6 Å². The van der Waals surface area contributed by atoms with E-state index in [-0.39, 0.29) is 5.78 Å². The summed E-state index contributed by atoms with van der Waals surface area (Å²) < 4.78 is 0. The van der Waals surface area contributed by atoms with Gasteiger partial charge in [-0.2, -0.15) is 0 Å². The van der Waals surface area contributed by atoms with Crippen molar-refractivity contribution in [3.8, 4) is 0 Å². The Morgan fingerprint density at radius 1 is 1.18 bits per heavy atom. The Bertz CT molecular complexity index is 311. The van der Waals surface area contributed by atoms with Gasteiger partial charge in [0.25, 0.3) is 0 Å². The molecule has 17 heavy (non-hydrogen) atoms. The third kappa shape index (κ3) is 8.93. The first kappa shape index (κ1) is 16.2. The van der Waals surface area contributed by atoms with E-state index in [2.05, 4.69) is 51.1 Å². The van der Waals surface area contributed by atoms with E-state index in [0.29, 0.717) is 17.7 Å². The Hall–Kier alpha value is -0.820. The minimum atomic E-state index is 0.223. The van der Waals surface area contributed by atoms with Gasteiger partial charge in [-0.25, -0.2) is 0 Å². The van der Waals surface area contributed by atoms with Crippen molar-refractivity contribution in [1.82, 2.24) is 0 Å². The SMILES string of the molecule is CC(=O)CCCCl.CC(C)(C)c1ccccc1. The van der Waals surface area contributed by atoms with E-state index < -0.39 is 0 Å². The van der Waals surface area contributed by atoms with Crippen molar-refractivity contribution in [2.45, 2.75) is 46.0 Å². The summed E-state index contributed by atoms with van der Waals surface area (Å²) in [5.41, 5.74) is 1.69. The molecule has 2 heteroatoms. The number of carbonyl (C=O) groups excluding carboxylic acids is 1. The molecule has 0 fully saturated rings. The van der Waals surface area contributed by atoms with Crippen molar-refractivity contribution < 1.29 is 4.79 Å². The summed E-state index contributed by atoms with van der Waals surface area (Å²) in [6, 6.07) is 10.6. The first-order valence-electron chi connectivity index (χ1n) is 5.99. The smallest absolute Gasteiger partial charge is 0.129 e. The predicted octanol–water partition coefficient (Wildman–Crippen LogP) is 4.58. The molecule has 0 unspecified atom stereocenters. The van der Waals surface area contributed by atoms with Crippen molar-refractivity contribution in [1.29, 1.82) is 0 Å². The van der Waals surface area contributed by atoms with Gasteiger partial charge in [0.05, 0.1) is 0 Å². The Kier molecular flexibility index (Phi) is 7.90. The number of carbonyl (C=O) groups is 1. The highest BCUT2D eigenvalue weighted by atomic mass is 35.5. The fourth-order valence-electron chi connectivity index (χ4n) is 1.25. The van der Waals surface area contributed by atoms with Crippen LogP contribution in [0.3, 0.4) is 0 Å². The fraction of sp³-hybridized carbons (Fsp3) is 0.533. The van der Waals surface area contributed by atoms with Gasteiger partial charge in [-0.3, -0.25) is 0 Å². The first-order valence-corrected chi connectivity index (χ1v) is 6.52. The largest absolute Gasteiger partial charge is 0.300 e. The highest BCUT2D eigenvalue weighted by Crippen LogP contribution is 2.20. The van der Waals surface area contributed by atoms with Crippen molar-refractivity contribution in [3.05, 3.63) is 35.9 Å². The van der Waals surface area contributed by atoms with E-state index in [1.807, 2.05) is 0 Å². The maximum atomic E-state index is 10.1. The minimum absolute atomic E-state index is 0.223. The van der Waals surface area contributed by atoms with E-state index in [1.54, 1.807) is 6.92 Å². The van der Waals surface area contributed by atoms with Crippen molar-refractivity contribution in [2.24, 2.45) is 0 Å². The van der Waals surface area contributed by atoms with Crippen LogP contribution in [0.1, 0.15) is 46.1 Å². The average molecular weight is 255 g/mol. The van der Waals surface area contributed by atoms with E-state index in [1.165, 1.54) is 5.56 Å². The lowest BCUT2D eigenvalue weighted by Crippen LogP contribution is -2.10. The first-order chi connectivity index (χ1) is 7.88. The number of Topliss-reactive ketones (excluding diaryl/α,β-unsaturated/α-hetero) is 1. The van der Waals surface area contributed by atoms with Crippen LogP contribution in [0.4, 0.5) is 0 Å².